The number of hydrogen-bond donors (Lipinski definition) is 2. The van der Waals surface area contributed by atoms with Gasteiger partial charge in [-0.25, -0.2) is 4.39 Å². The number of halogens is 1. The SMILES string of the molecule is CO[C@@H]1[C@H]2[C@H]3[C@@H](c4ccc(O)cc4C[C@H]3c3ccccc3)[C@@H](F)C[C@]2(C)C[C@H]1O. The zero-order valence-electron chi connectivity index (χ0n) is 17.0. The smallest absolute Gasteiger partial charge is 0.115 e. The fraction of sp³-hybridized carbons (Fsp3) is 0.520. The van der Waals surface area contributed by atoms with E-state index in [1.54, 1.807) is 19.2 Å². The average Bonchev–Trinajstić information content (AvgIpc) is 2.96. The number of benzene rings is 2. The van der Waals surface area contributed by atoms with Gasteiger partial charge in [0.1, 0.15) is 11.9 Å². The third kappa shape index (κ3) is 2.83. The van der Waals surface area contributed by atoms with Crippen molar-refractivity contribution in [2.24, 2.45) is 17.3 Å². The summed E-state index contributed by atoms with van der Waals surface area (Å²) in [4.78, 5) is 0. The lowest BCUT2D eigenvalue weighted by Crippen LogP contribution is -2.51. The first kappa shape index (κ1) is 19.1. The minimum absolute atomic E-state index is 0.0466. The minimum atomic E-state index is -0.973. The lowest BCUT2D eigenvalue weighted by Gasteiger charge is -2.54. The van der Waals surface area contributed by atoms with Crippen LogP contribution in [0.15, 0.2) is 48.5 Å². The van der Waals surface area contributed by atoms with Gasteiger partial charge in [-0.05, 0) is 71.3 Å². The Morgan fingerprint density at radius 1 is 1.10 bits per heavy atom. The molecule has 2 saturated carbocycles. The summed E-state index contributed by atoms with van der Waals surface area (Å²) in [6.07, 6.45) is -0.00967. The molecule has 0 aromatic heterocycles. The summed E-state index contributed by atoms with van der Waals surface area (Å²) < 4.78 is 21.7. The number of fused-ring (bicyclic) bond motifs is 5. The first-order valence-corrected chi connectivity index (χ1v) is 10.6. The molecule has 0 spiro atoms. The number of ether oxygens (including phenoxy) is 1. The second-order valence-corrected chi connectivity index (χ2v) is 9.58. The summed E-state index contributed by atoms with van der Waals surface area (Å²) in [6.45, 7) is 2.14. The highest BCUT2D eigenvalue weighted by atomic mass is 19.1. The number of phenolic OH excluding ortho intramolecular Hbond substituents is 1. The highest BCUT2D eigenvalue weighted by Crippen LogP contribution is 2.64. The van der Waals surface area contributed by atoms with E-state index in [0.717, 1.165) is 17.5 Å². The normalized spacial score (nSPS) is 40.8. The van der Waals surface area contributed by atoms with Crippen molar-refractivity contribution in [2.75, 3.05) is 7.11 Å². The first-order chi connectivity index (χ1) is 13.9. The number of phenols is 1. The molecular weight excluding hydrogens is 367 g/mol. The van der Waals surface area contributed by atoms with Gasteiger partial charge >= 0.3 is 0 Å². The number of aromatic hydroxyl groups is 1. The van der Waals surface area contributed by atoms with Crippen LogP contribution in [0.25, 0.3) is 0 Å². The average molecular weight is 397 g/mol. The van der Waals surface area contributed by atoms with E-state index in [2.05, 4.69) is 19.1 Å². The van der Waals surface area contributed by atoms with Gasteiger partial charge in [-0.2, -0.15) is 0 Å². The third-order valence-electron chi connectivity index (χ3n) is 7.98. The predicted octanol–water partition coefficient (Wildman–Crippen LogP) is 4.58. The fourth-order valence-corrected chi connectivity index (χ4v) is 7.02. The van der Waals surface area contributed by atoms with Crippen LogP contribution in [0.4, 0.5) is 4.39 Å². The molecule has 0 unspecified atom stereocenters. The highest BCUT2D eigenvalue weighted by Gasteiger charge is 2.62. The summed E-state index contributed by atoms with van der Waals surface area (Å²) >= 11 is 0. The third-order valence-corrected chi connectivity index (χ3v) is 7.98. The van der Waals surface area contributed by atoms with Gasteiger partial charge in [0.25, 0.3) is 0 Å². The predicted molar refractivity (Wildman–Crippen MR) is 110 cm³/mol. The number of alkyl halides is 1. The summed E-state index contributed by atoms with van der Waals surface area (Å²) in [6, 6.07) is 15.7. The van der Waals surface area contributed by atoms with E-state index >= 15 is 4.39 Å². The van der Waals surface area contributed by atoms with Crippen LogP contribution in [0.5, 0.6) is 5.75 Å². The maximum Gasteiger partial charge on any atom is 0.115 e. The van der Waals surface area contributed by atoms with Crippen LogP contribution >= 0.6 is 0 Å². The molecule has 29 heavy (non-hydrogen) atoms. The van der Waals surface area contributed by atoms with Crippen LogP contribution in [-0.2, 0) is 11.2 Å². The standard InChI is InChI=1S/C25H29FO3/c1-25-12-19(26)21-17-9-8-16(27)10-15(17)11-18(14-6-4-3-5-7-14)22(21)23(25)24(29-2)20(28)13-25/h3-10,18-24,27-28H,11-13H2,1-2H3/t18-,19-,20+,21-,22+,23+,24-,25+/m0/s1. The molecule has 0 aliphatic heterocycles. The number of methoxy groups -OCH3 is 1. The number of aliphatic hydroxyl groups excluding tert-OH is 1. The van der Waals surface area contributed by atoms with E-state index in [4.69, 9.17) is 4.74 Å². The van der Waals surface area contributed by atoms with Crippen molar-refractivity contribution in [3.63, 3.8) is 0 Å². The quantitative estimate of drug-likeness (QED) is 0.781. The molecule has 4 heteroatoms. The lowest BCUT2D eigenvalue weighted by atomic mass is 9.51. The molecule has 0 saturated heterocycles. The molecule has 2 aromatic rings. The Morgan fingerprint density at radius 2 is 1.86 bits per heavy atom. The van der Waals surface area contributed by atoms with E-state index in [-0.39, 0.29) is 40.9 Å². The molecular formula is C25H29FO3. The Labute approximate surface area is 171 Å². The lowest BCUT2D eigenvalue weighted by molar-refractivity contribution is -0.0778. The van der Waals surface area contributed by atoms with Gasteiger partial charge in [-0.15, -0.1) is 0 Å². The molecule has 0 amide bonds. The van der Waals surface area contributed by atoms with Crippen molar-refractivity contribution in [1.82, 2.24) is 0 Å². The molecule has 154 valence electrons. The molecule has 2 fully saturated rings. The van der Waals surface area contributed by atoms with Crippen LogP contribution in [0.2, 0.25) is 0 Å². The monoisotopic (exact) mass is 396 g/mol. The molecule has 2 aromatic carbocycles. The number of rotatable bonds is 2. The molecule has 0 radical (unpaired) electrons. The van der Waals surface area contributed by atoms with Gasteiger partial charge in [0.05, 0.1) is 12.2 Å². The van der Waals surface area contributed by atoms with Crippen LogP contribution in [0.1, 0.15) is 48.3 Å². The Kier molecular flexibility index (Phi) is 4.48. The van der Waals surface area contributed by atoms with Gasteiger partial charge in [0.2, 0.25) is 0 Å². The van der Waals surface area contributed by atoms with E-state index < -0.39 is 12.3 Å². The van der Waals surface area contributed by atoms with Crippen molar-refractivity contribution in [1.29, 1.82) is 0 Å². The molecule has 3 nitrogen and oxygen atoms in total. The topological polar surface area (TPSA) is 49.7 Å². The van der Waals surface area contributed by atoms with Crippen molar-refractivity contribution in [3.05, 3.63) is 65.2 Å². The van der Waals surface area contributed by atoms with Crippen LogP contribution in [0, 0.1) is 17.3 Å². The second kappa shape index (κ2) is 6.82. The molecule has 5 rings (SSSR count). The van der Waals surface area contributed by atoms with Gasteiger partial charge in [0.15, 0.2) is 0 Å². The molecule has 2 N–H and O–H groups in total. The number of hydrogen-bond acceptors (Lipinski definition) is 3. The Morgan fingerprint density at radius 3 is 2.59 bits per heavy atom. The summed E-state index contributed by atoms with van der Waals surface area (Å²) in [5, 5.41) is 20.8. The number of aliphatic hydroxyl groups is 1. The zero-order chi connectivity index (χ0) is 20.3. The maximum absolute atomic E-state index is 15.8. The van der Waals surface area contributed by atoms with Crippen LogP contribution < -0.4 is 0 Å². The van der Waals surface area contributed by atoms with Crippen molar-refractivity contribution in [3.8, 4) is 5.75 Å². The fourth-order valence-electron chi connectivity index (χ4n) is 7.02. The van der Waals surface area contributed by atoms with E-state index in [1.165, 1.54) is 5.56 Å². The van der Waals surface area contributed by atoms with Gasteiger partial charge in [0, 0.05) is 13.0 Å². The molecule has 0 heterocycles. The Bertz CT molecular complexity index is 900. The van der Waals surface area contributed by atoms with Crippen LogP contribution in [0.3, 0.4) is 0 Å². The zero-order valence-corrected chi connectivity index (χ0v) is 17.0. The summed E-state index contributed by atoms with van der Waals surface area (Å²) in [5.74, 6) is 0.250. The van der Waals surface area contributed by atoms with E-state index in [9.17, 15) is 10.2 Å². The molecule has 8 atom stereocenters. The maximum atomic E-state index is 15.8. The van der Waals surface area contributed by atoms with Crippen molar-refractivity contribution < 1.29 is 19.3 Å². The van der Waals surface area contributed by atoms with Crippen LogP contribution in [-0.4, -0.2) is 35.7 Å². The first-order valence-electron chi connectivity index (χ1n) is 10.6. The minimum Gasteiger partial charge on any atom is -0.508 e. The van der Waals surface area contributed by atoms with E-state index in [1.807, 2.05) is 24.3 Å². The van der Waals surface area contributed by atoms with E-state index in [0.29, 0.717) is 12.8 Å². The summed E-state index contributed by atoms with van der Waals surface area (Å²) in [5.41, 5.74) is 2.98. The van der Waals surface area contributed by atoms with Gasteiger partial charge in [-0.3, -0.25) is 0 Å². The highest BCUT2D eigenvalue weighted by molar-refractivity contribution is 5.44. The molecule has 0 bridgehead atoms. The summed E-state index contributed by atoms with van der Waals surface area (Å²) in [7, 11) is 1.67. The van der Waals surface area contributed by atoms with Crippen molar-refractivity contribution in [2.45, 2.75) is 56.4 Å². The second-order valence-electron chi connectivity index (χ2n) is 9.58. The Balaban J connectivity index is 1.70. The molecule has 3 aliphatic carbocycles. The van der Waals surface area contributed by atoms with Gasteiger partial charge in [-0.1, -0.05) is 43.3 Å². The Hall–Kier alpha value is -1.91. The van der Waals surface area contributed by atoms with Gasteiger partial charge < -0.3 is 14.9 Å². The largest absolute Gasteiger partial charge is 0.508 e. The van der Waals surface area contributed by atoms with Crippen molar-refractivity contribution >= 4 is 0 Å². The molecule has 3 aliphatic rings.